The zero-order valence-electron chi connectivity index (χ0n) is 16.6. The molecule has 3 aromatic carbocycles. The number of nitrogens with zero attached hydrogens (tertiary/aromatic N) is 1. The molecule has 2 atom stereocenters. The second kappa shape index (κ2) is 7.84. The van der Waals surface area contributed by atoms with Gasteiger partial charge in [-0.15, -0.1) is 0 Å². The average molecular weight is 423 g/mol. The Balaban J connectivity index is 1.69. The first-order valence-electron chi connectivity index (χ1n) is 9.37. The zero-order chi connectivity index (χ0) is 21.3. The maximum Gasteiger partial charge on any atom is 0.271 e. The highest BCUT2D eigenvalue weighted by molar-refractivity contribution is 7.90. The van der Waals surface area contributed by atoms with Crippen molar-refractivity contribution in [2.75, 3.05) is 18.3 Å². The van der Waals surface area contributed by atoms with Crippen LogP contribution in [0.3, 0.4) is 0 Å². The molecule has 1 amide bonds. The van der Waals surface area contributed by atoms with E-state index in [2.05, 4.69) is 0 Å². The molecule has 4 rings (SSSR count). The fourth-order valence-corrected chi connectivity index (χ4v) is 4.12. The first-order valence-corrected chi connectivity index (χ1v) is 11.3. The van der Waals surface area contributed by atoms with Gasteiger partial charge >= 0.3 is 0 Å². The fraction of sp³-hybridized carbons (Fsp3) is 0.174. The monoisotopic (exact) mass is 423 g/mol. The SMILES string of the molecule is COc1ccc(N2C(=O)C(Oc3ccccc3)C2c2ccc(S(C)(=O)=O)cc2)cc1. The minimum atomic E-state index is -3.31. The molecule has 30 heavy (non-hydrogen) atoms. The van der Waals surface area contributed by atoms with Gasteiger partial charge in [-0.1, -0.05) is 30.3 Å². The smallest absolute Gasteiger partial charge is 0.271 e. The minimum absolute atomic E-state index is 0.166. The van der Waals surface area contributed by atoms with Gasteiger partial charge < -0.3 is 9.47 Å². The van der Waals surface area contributed by atoms with Crippen LogP contribution in [0.15, 0.2) is 83.8 Å². The third kappa shape index (κ3) is 3.76. The minimum Gasteiger partial charge on any atom is -0.497 e. The van der Waals surface area contributed by atoms with Crippen LogP contribution >= 0.6 is 0 Å². The Morgan fingerprint density at radius 2 is 1.47 bits per heavy atom. The molecule has 7 heteroatoms. The van der Waals surface area contributed by atoms with Crippen LogP contribution in [0, 0.1) is 0 Å². The quantitative estimate of drug-likeness (QED) is 0.566. The van der Waals surface area contributed by atoms with Crippen molar-refractivity contribution in [3.8, 4) is 11.5 Å². The van der Waals surface area contributed by atoms with Crippen LogP contribution in [-0.4, -0.2) is 33.8 Å². The van der Waals surface area contributed by atoms with E-state index >= 15 is 0 Å². The molecule has 154 valence electrons. The standard InChI is InChI=1S/C23H21NO5S/c1-28-18-12-10-17(11-13-18)24-21(16-8-14-20(15-9-16)30(2,26)27)22(23(24)25)29-19-6-4-3-5-7-19/h3-15,21-22H,1-2H3. The van der Waals surface area contributed by atoms with Gasteiger partial charge in [0, 0.05) is 11.9 Å². The van der Waals surface area contributed by atoms with Crippen molar-refractivity contribution >= 4 is 21.4 Å². The number of hydrogen-bond acceptors (Lipinski definition) is 5. The van der Waals surface area contributed by atoms with Crippen LogP contribution in [0.2, 0.25) is 0 Å². The largest absolute Gasteiger partial charge is 0.497 e. The maximum atomic E-state index is 13.0. The van der Waals surface area contributed by atoms with Gasteiger partial charge in [0.05, 0.1) is 12.0 Å². The number of para-hydroxylation sites is 1. The van der Waals surface area contributed by atoms with Gasteiger partial charge in [-0.05, 0) is 54.1 Å². The van der Waals surface area contributed by atoms with E-state index in [0.717, 1.165) is 5.56 Å². The molecule has 0 aromatic heterocycles. The Morgan fingerprint density at radius 3 is 2.03 bits per heavy atom. The summed E-state index contributed by atoms with van der Waals surface area (Å²) in [6.07, 6.45) is 0.457. The normalized spacial score (nSPS) is 18.6. The maximum absolute atomic E-state index is 13.0. The van der Waals surface area contributed by atoms with Crippen LogP contribution < -0.4 is 14.4 Å². The highest BCUT2D eigenvalue weighted by atomic mass is 32.2. The van der Waals surface area contributed by atoms with E-state index in [0.29, 0.717) is 17.2 Å². The molecule has 0 aliphatic carbocycles. The summed E-state index contributed by atoms with van der Waals surface area (Å²) in [7, 11) is -1.72. The summed E-state index contributed by atoms with van der Waals surface area (Å²) in [6.45, 7) is 0. The molecular weight excluding hydrogens is 402 g/mol. The number of β-lactam (4-membered cyclic amide) rings is 1. The second-order valence-corrected chi connectivity index (χ2v) is 9.06. The van der Waals surface area contributed by atoms with E-state index in [4.69, 9.17) is 9.47 Å². The lowest BCUT2D eigenvalue weighted by Crippen LogP contribution is -2.61. The molecule has 1 aliphatic heterocycles. The Morgan fingerprint density at radius 1 is 0.833 bits per heavy atom. The first kappa shape index (κ1) is 20.0. The summed E-state index contributed by atoms with van der Waals surface area (Å²) in [5.74, 6) is 1.13. The number of amides is 1. The molecule has 0 radical (unpaired) electrons. The Bertz CT molecular complexity index is 1140. The van der Waals surface area contributed by atoms with Gasteiger partial charge in [0.25, 0.3) is 5.91 Å². The van der Waals surface area contributed by atoms with E-state index in [1.807, 2.05) is 30.3 Å². The first-order chi connectivity index (χ1) is 14.4. The van der Waals surface area contributed by atoms with Crippen molar-refractivity contribution in [3.63, 3.8) is 0 Å². The number of ether oxygens (including phenoxy) is 2. The second-order valence-electron chi connectivity index (χ2n) is 7.04. The summed E-state index contributed by atoms with van der Waals surface area (Å²) in [5.41, 5.74) is 1.50. The average Bonchev–Trinajstić information content (AvgIpc) is 2.76. The topological polar surface area (TPSA) is 72.9 Å². The lowest BCUT2D eigenvalue weighted by atomic mass is 9.89. The summed E-state index contributed by atoms with van der Waals surface area (Å²) in [6, 6.07) is 22.5. The predicted molar refractivity (Wildman–Crippen MR) is 114 cm³/mol. The molecule has 1 saturated heterocycles. The third-order valence-corrected chi connectivity index (χ3v) is 6.18. The molecule has 0 bridgehead atoms. The Kier molecular flexibility index (Phi) is 5.22. The van der Waals surface area contributed by atoms with E-state index in [-0.39, 0.29) is 16.8 Å². The molecule has 2 unspecified atom stereocenters. The third-order valence-electron chi connectivity index (χ3n) is 5.05. The van der Waals surface area contributed by atoms with Crippen molar-refractivity contribution in [1.82, 2.24) is 0 Å². The van der Waals surface area contributed by atoms with Gasteiger partial charge in [0.2, 0.25) is 6.10 Å². The van der Waals surface area contributed by atoms with E-state index < -0.39 is 15.9 Å². The predicted octanol–water partition coefficient (Wildman–Crippen LogP) is 3.63. The van der Waals surface area contributed by atoms with Crippen molar-refractivity contribution < 1.29 is 22.7 Å². The molecule has 0 N–H and O–H groups in total. The molecule has 0 spiro atoms. The molecule has 1 aliphatic rings. The number of benzene rings is 3. The van der Waals surface area contributed by atoms with Crippen LogP contribution in [0.25, 0.3) is 0 Å². The van der Waals surface area contributed by atoms with Crippen LogP contribution in [0.5, 0.6) is 11.5 Å². The van der Waals surface area contributed by atoms with E-state index in [1.54, 1.807) is 60.5 Å². The number of hydrogen-bond donors (Lipinski definition) is 0. The number of anilines is 1. The fourth-order valence-electron chi connectivity index (χ4n) is 3.49. The van der Waals surface area contributed by atoms with Crippen molar-refractivity contribution in [2.24, 2.45) is 0 Å². The highest BCUT2D eigenvalue weighted by Crippen LogP contribution is 2.41. The lowest BCUT2D eigenvalue weighted by molar-refractivity contribution is -0.135. The summed E-state index contributed by atoms with van der Waals surface area (Å²) in [4.78, 5) is 14.9. The molecular formula is C23H21NO5S. The summed E-state index contributed by atoms with van der Waals surface area (Å²) in [5, 5.41) is 0. The van der Waals surface area contributed by atoms with Gasteiger partial charge in [0.15, 0.2) is 9.84 Å². The number of rotatable bonds is 6. The van der Waals surface area contributed by atoms with Crippen molar-refractivity contribution in [3.05, 3.63) is 84.4 Å². The van der Waals surface area contributed by atoms with Crippen molar-refractivity contribution in [2.45, 2.75) is 17.0 Å². The molecule has 6 nitrogen and oxygen atoms in total. The van der Waals surface area contributed by atoms with Gasteiger partial charge in [-0.25, -0.2) is 8.42 Å². The number of sulfone groups is 1. The van der Waals surface area contributed by atoms with Gasteiger partial charge in [-0.2, -0.15) is 0 Å². The number of methoxy groups -OCH3 is 1. The Hall–Kier alpha value is -3.32. The number of carbonyl (C=O) groups excluding carboxylic acids is 1. The van der Waals surface area contributed by atoms with Crippen molar-refractivity contribution in [1.29, 1.82) is 0 Å². The van der Waals surface area contributed by atoms with Crippen LogP contribution in [0.1, 0.15) is 11.6 Å². The summed E-state index contributed by atoms with van der Waals surface area (Å²) < 4.78 is 34.8. The molecule has 3 aromatic rings. The summed E-state index contributed by atoms with van der Waals surface area (Å²) >= 11 is 0. The van der Waals surface area contributed by atoms with Crippen LogP contribution in [-0.2, 0) is 14.6 Å². The number of carbonyl (C=O) groups is 1. The molecule has 1 fully saturated rings. The van der Waals surface area contributed by atoms with E-state index in [9.17, 15) is 13.2 Å². The lowest BCUT2D eigenvalue weighted by Gasteiger charge is -2.46. The van der Waals surface area contributed by atoms with Crippen LogP contribution in [0.4, 0.5) is 5.69 Å². The van der Waals surface area contributed by atoms with E-state index in [1.165, 1.54) is 6.26 Å². The Labute approximate surface area is 175 Å². The zero-order valence-corrected chi connectivity index (χ0v) is 17.4. The molecule has 0 saturated carbocycles. The van der Waals surface area contributed by atoms with Gasteiger partial charge in [0.1, 0.15) is 17.5 Å². The molecule has 1 heterocycles. The highest BCUT2D eigenvalue weighted by Gasteiger charge is 2.51. The van der Waals surface area contributed by atoms with Gasteiger partial charge in [-0.3, -0.25) is 9.69 Å².